The van der Waals surface area contributed by atoms with Crippen LogP contribution in [-0.2, 0) is 0 Å². The molecule has 2 aromatic heterocycles. The predicted octanol–water partition coefficient (Wildman–Crippen LogP) is 4.29. The molecular weight excluding hydrogens is 355 g/mol. The van der Waals surface area contributed by atoms with Crippen molar-refractivity contribution in [1.82, 2.24) is 19.7 Å². The van der Waals surface area contributed by atoms with E-state index in [-0.39, 0.29) is 17.8 Å². The van der Waals surface area contributed by atoms with Crippen molar-refractivity contribution in [2.45, 2.75) is 13.0 Å². The van der Waals surface area contributed by atoms with Crippen molar-refractivity contribution in [3.63, 3.8) is 0 Å². The monoisotopic (exact) mass is 374 g/mol. The normalized spacial score (nSPS) is 11.9. The average molecular weight is 374 g/mol. The standard InChI is InChI=1S/C22H19FN4O/c1-16(17-8-3-2-4-9-17)25-21(28)20-15-24-27(19-11-7-10-18(23)14-19)22(20)26-12-5-6-13-26/h2-16H,1H3,(H,25,28). The van der Waals surface area contributed by atoms with Crippen molar-refractivity contribution in [3.8, 4) is 11.5 Å². The van der Waals surface area contributed by atoms with Gasteiger partial charge in [-0.15, -0.1) is 0 Å². The maximum atomic E-state index is 13.7. The Kier molecular flexibility index (Phi) is 4.76. The Morgan fingerprint density at radius 1 is 1.04 bits per heavy atom. The molecule has 0 spiro atoms. The number of hydrogen-bond acceptors (Lipinski definition) is 2. The fourth-order valence-corrected chi connectivity index (χ4v) is 3.12. The summed E-state index contributed by atoms with van der Waals surface area (Å²) in [5, 5.41) is 7.36. The van der Waals surface area contributed by atoms with E-state index in [0.29, 0.717) is 17.1 Å². The molecule has 2 aromatic carbocycles. The van der Waals surface area contributed by atoms with Gasteiger partial charge in [0.05, 0.1) is 17.9 Å². The number of rotatable bonds is 5. The molecule has 140 valence electrons. The van der Waals surface area contributed by atoms with E-state index in [4.69, 9.17) is 0 Å². The molecule has 0 radical (unpaired) electrons. The minimum absolute atomic E-state index is 0.163. The van der Waals surface area contributed by atoms with Crippen LogP contribution in [0.2, 0.25) is 0 Å². The van der Waals surface area contributed by atoms with Crippen molar-refractivity contribution in [3.05, 3.63) is 102 Å². The van der Waals surface area contributed by atoms with Crippen molar-refractivity contribution in [1.29, 1.82) is 0 Å². The molecule has 4 rings (SSSR count). The number of amides is 1. The van der Waals surface area contributed by atoms with Crippen LogP contribution in [0, 0.1) is 5.82 Å². The van der Waals surface area contributed by atoms with Gasteiger partial charge < -0.3 is 9.88 Å². The average Bonchev–Trinajstić information content (AvgIpc) is 3.38. The summed E-state index contributed by atoms with van der Waals surface area (Å²) in [4.78, 5) is 13.0. The largest absolute Gasteiger partial charge is 0.345 e. The lowest BCUT2D eigenvalue weighted by Crippen LogP contribution is -2.27. The highest BCUT2D eigenvalue weighted by Crippen LogP contribution is 2.21. The molecule has 0 aliphatic rings. The van der Waals surface area contributed by atoms with E-state index in [1.165, 1.54) is 18.3 Å². The molecule has 0 aliphatic heterocycles. The first kappa shape index (κ1) is 17.7. The summed E-state index contributed by atoms with van der Waals surface area (Å²) in [5.74, 6) is -0.0637. The van der Waals surface area contributed by atoms with Gasteiger partial charge in [0.1, 0.15) is 11.4 Å². The SMILES string of the molecule is CC(NC(=O)c1cnn(-c2cccc(F)c2)c1-n1cccc1)c1ccccc1. The second-order valence-corrected chi connectivity index (χ2v) is 6.47. The van der Waals surface area contributed by atoms with E-state index in [1.54, 1.807) is 21.4 Å². The van der Waals surface area contributed by atoms with Crippen LogP contribution in [0.3, 0.4) is 0 Å². The van der Waals surface area contributed by atoms with E-state index < -0.39 is 0 Å². The Labute approximate surface area is 162 Å². The van der Waals surface area contributed by atoms with Gasteiger partial charge in [-0.25, -0.2) is 9.07 Å². The molecule has 28 heavy (non-hydrogen) atoms. The number of carbonyl (C=O) groups excluding carboxylic acids is 1. The third-order valence-electron chi connectivity index (χ3n) is 4.54. The molecule has 0 saturated heterocycles. The van der Waals surface area contributed by atoms with Crippen molar-refractivity contribution < 1.29 is 9.18 Å². The van der Waals surface area contributed by atoms with Crippen LogP contribution in [0.5, 0.6) is 0 Å². The van der Waals surface area contributed by atoms with E-state index >= 15 is 0 Å². The molecule has 5 nitrogen and oxygen atoms in total. The summed E-state index contributed by atoms with van der Waals surface area (Å²) in [6, 6.07) is 19.4. The maximum absolute atomic E-state index is 13.7. The zero-order chi connectivity index (χ0) is 19.5. The Bertz CT molecular complexity index is 1090. The van der Waals surface area contributed by atoms with Gasteiger partial charge in [0, 0.05) is 12.4 Å². The molecule has 2 heterocycles. The number of aromatic nitrogens is 3. The smallest absolute Gasteiger partial charge is 0.257 e. The number of benzene rings is 2. The number of carbonyl (C=O) groups is 1. The van der Waals surface area contributed by atoms with Crippen LogP contribution < -0.4 is 5.32 Å². The molecule has 6 heteroatoms. The van der Waals surface area contributed by atoms with Crippen LogP contribution >= 0.6 is 0 Å². The van der Waals surface area contributed by atoms with Crippen LogP contribution in [0.1, 0.15) is 28.9 Å². The lowest BCUT2D eigenvalue weighted by molar-refractivity contribution is 0.0940. The van der Waals surface area contributed by atoms with Gasteiger partial charge in [-0.05, 0) is 42.8 Å². The van der Waals surface area contributed by atoms with Crippen LogP contribution in [-0.4, -0.2) is 20.3 Å². The molecule has 1 atom stereocenters. The van der Waals surface area contributed by atoms with Gasteiger partial charge in [-0.1, -0.05) is 36.4 Å². The van der Waals surface area contributed by atoms with Crippen LogP contribution in [0.15, 0.2) is 85.3 Å². The predicted molar refractivity (Wildman–Crippen MR) is 105 cm³/mol. The van der Waals surface area contributed by atoms with Gasteiger partial charge in [-0.3, -0.25) is 4.79 Å². The zero-order valence-corrected chi connectivity index (χ0v) is 15.3. The van der Waals surface area contributed by atoms with E-state index in [1.807, 2.05) is 61.8 Å². The molecule has 0 fully saturated rings. The second kappa shape index (κ2) is 7.52. The Morgan fingerprint density at radius 3 is 2.50 bits per heavy atom. The summed E-state index contributed by atoms with van der Waals surface area (Å²) in [6.45, 7) is 1.93. The van der Waals surface area contributed by atoms with Gasteiger partial charge in [0.15, 0.2) is 5.82 Å². The van der Waals surface area contributed by atoms with Crippen molar-refractivity contribution >= 4 is 5.91 Å². The summed E-state index contributed by atoms with van der Waals surface area (Å²) in [6.07, 6.45) is 5.15. The molecule has 0 aliphatic carbocycles. The molecule has 1 unspecified atom stereocenters. The third kappa shape index (κ3) is 3.44. The summed E-state index contributed by atoms with van der Waals surface area (Å²) >= 11 is 0. The number of hydrogen-bond donors (Lipinski definition) is 1. The maximum Gasteiger partial charge on any atom is 0.257 e. The quantitative estimate of drug-likeness (QED) is 0.566. The number of nitrogens with one attached hydrogen (secondary N) is 1. The molecule has 1 amide bonds. The number of nitrogens with zero attached hydrogens (tertiary/aromatic N) is 3. The Balaban J connectivity index is 1.72. The topological polar surface area (TPSA) is 51.9 Å². The third-order valence-corrected chi connectivity index (χ3v) is 4.54. The molecule has 0 bridgehead atoms. The molecule has 4 aromatic rings. The van der Waals surface area contributed by atoms with Crippen molar-refractivity contribution in [2.75, 3.05) is 0 Å². The molecular formula is C22H19FN4O. The van der Waals surface area contributed by atoms with Gasteiger partial charge >= 0.3 is 0 Å². The lowest BCUT2D eigenvalue weighted by atomic mass is 10.1. The summed E-state index contributed by atoms with van der Waals surface area (Å²) in [5.41, 5.74) is 1.96. The first-order chi connectivity index (χ1) is 13.6. The van der Waals surface area contributed by atoms with E-state index in [9.17, 15) is 9.18 Å². The van der Waals surface area contributed by atoms with Crippen LogP contribution in [0.25, 0.3) is 11.5 Å². The fraction of sp³-hybridized carbons (Fsp3) is 0.0909. The van der Waals surface area contributed by atoms with Crippen LogP contribution in [0.4, 0.5) is 4.39 Å². The minimum atomic E-state index is -0.366. The molecule has 0 saturated carbocycles. The van der Waals surface area contributed by atoms with E-state index in [2.05, 4.69) is 10.4 Å². The van der Waals surface area contributed by atoms with Crippen molar-refractivity contribution in [2.24, 2.45) is 0 Å². The first-order valence-electron chi connectivity index (χ1n) is 8.96. The zero-order valence-electron chi connectivity index (χ0n) is 15.3. The summed E-state index contributed by atoms with van der Waals surface area (Å²) < 4.78 is 17.1. The van der Waals surface area contributed by atoms with Gasteiger partial charge in [-0.2, -0.15) is 5.10 Å². The first-order valence-corrected chi connectivity index (χ1v) is 8.96. The summed E-state index contributed by atoms with van der Waals surface area (Å²) in [7, 11) is 0. The Hall–Kier alpha value is -3.67. The van der Waals surface area contributed by atoms with Gasteiger partial charge in [0.2, 0.25) is 0 Å². The number of halogens is 1. The highest BCUT2D eigenvalue weighted by Gasteiger charge is 2.21. The minimum Gasteiger partial charge on any atom is -0.345 e. The second-order valence-electron chi connectivity index (χ2n) is 6.47. The lowest BCUT2D eigenvalue weighted by Gasteiger charge is -2.15. The molecule has 1 N–H and O–H groups in total. The van der Waals surface area contributed by atoms with E-state index in [0.717, 1.165) is 5.56 Å². The fourth-order valence-electron chi connectivity index (χ4n) is 3.12. The highest BCUT2D eigenvalue weighted by molar-refractivity contribution is 5.97. The van der Waals surface area contributed by atoms with Gasteiger partial charge in [0.25, 0.3) is 5.91 Å². The highest BCUT2D eigenvalue weighted by atomic mass is 19.1. The Morgan fingerprint density at radius 2 is 1.79 bits per heavy atom.